The molecule has 0 bridgehead atoms. The van der Waals surface area contributed by atoms with Crippen LogP contribution in [-0.4, -0.2) is 6.54 Å². The molecule has 0 aromatic rings. The highest BCUT2D eigenvalue weighted by Gasteiger charge is 1.89. The van der Waals surface area contributed by atoms with Crippen molar-refractivity contribution in [2.75, 3.05) is 6.54 Å². The van der Waals surface area contributed by atoms with Crippen LogP contribution in [0.15, 0.2) is 0 Å². The minimum absolute atomic E-state index is 0.838. The Morgan fingerprint density at radius 2 is 0.826 bits per heavy atom. The lowest BCUT2D eigenvalue weighted by Crippen LogP contribution is -1.97. The molecule has 0 rings (SSSR count). The Kier molecular flexibility index (Phi) is 20.2. The van der Waals surface area contributed by atoms with E-state index in [1.165, 1.54) is 77.0 Å². The van der Waals surface area contributed by atoms with E-state index in [9.17, 15) is 0 Å². The predicted molar refractivity (Wildman–Crippen MR) is 104 cm³/mol. The number of unbranched alkanes of at least 4 members (excludes halogenated alkanes) is 13. The predicted octanol–water partition coefficient (Wildman–Crippen LogP) is 6.21. The Balaban J connectivity index is 3.18. The summed E-state index contributed by atoms with van der Waals surface area (Å²) in [7, 11) is 0. The van der Waals surface area contributed by atoms with Crippen LogP contribution in [0.1, 0.15) is 110 Å². The molecule has 0 aromatic heterocycles. The molecule has 0 fully saturated rings. The summed E-state index contributed by atoms with van der Waals surface area (Å²) in [6.07, 6.45) is 19.7. The van der Waals surface area contributed by atoms with Crippen LogP contribution >= 0.6 is 0 Å². The van der Waals surface area contributed by atoms with Crippen molar-refractivity contribution in [3.63, 3.8) is 0 Å². The smallest absolute Gasteiger partial charge is 0.00886 e. The fourth-order valence-corrected chi connectivity index (χ4v) is 2.49. The van der Waals surface area contributed by atoms with Crippen LogP contribution < -0.4 is 5.73 Å². The van der Waals surface area contributed by atoms with Gasteiger partial charge in [0.2, 0.25) is 0 Å². The van der Waals surface area contributed by atoms with Gasteiger partial charge >= 0.3 is 0 Å². The fraction of sp³-hybridized carbons (Fsp3) is 0.818. The maximum Gasteiger partial charge on any atom is 0.00886 e. The lowest BCUT2D eigenvalue weighted by Gasteiger charge is -1.96. The highest BCUT2D eigenvalue weighted by molar-refractivity contribution is 4.99. The molecule has 0 atom stereocenters. The van der Waals surface area contributed by atoms with Gasteiger partial charge in [0, 0.05) is 25.7 Å². The van der Waals surface area contributed by atoms with Gasteiger partial charge in [-0.05, 0) is 38.6 Å². The average Bonchev–Trinajstić information content (AvgIpc) is 2.57. The minimum atomic E-state index is 0.838. The molecular formula is C22H39N. The number of rotatable bonds is 14. The van der Waals surface area contributed by atoms with Gasteiger partial charge < -0.3 is 5.73 Å². The summed E-state index contributed by atoms with van der Waals surface area (Å²) in [5.74, 6) is 13.2. The molecule has 0 aromatic carbocycles. The Morgan fingerprint density at radius 1 is 0.478 bits per heavy atom. The fourth-order valence-electron chi connectivity index (χ4n) is 2.49. The van der Waals surface area contributed by atoms with Crippen molar-refractivity contribution < 1.29 is 0 Å². The van der Waals surface area contributed by atoms with E-state index >= 15 is 0 Å². The van der Waals surface area contributed by atoms with E-state index < -0.39 is 0 Å². The topological polar surface area (TPSA) is 26.0 Å². The standard InChI is InChI=1S/C22H39N/c1-2-3-4-5-6-7-8-9-10-11-12-13-14-15-16-17-18-19-20-21-22-23/h2-6,9-13,16-23H2,1H3. The second kappa shape index (κ2) is 21.1. The van der Waals surface area contributed by atoms with Crippen LogP contribution in [0.3, 0.4) is 0 Å². The van der Waals surface area contributed by atoms with Crippen LogP contribution in [-0.2, 0) is 0 Å². The van der Waals surface area contributed by atoms with E-state index in [0.29, 0.717) is 0 Å². The van der Waals surface area contributed by atoms with Gasteiger partial charge in [0.25, 0.3) is 0 Å². The third-order valence-electron chi connectivity index (χ3n) is 4.01. The van der Waals surface area contributed by atoms with Crippen molar-refractivity contribution in [1.29, 1.82) is 0 Å². The van der Waals surface area contributed by atoms with E-state index in [1.807, 2.05) is 0 Å². The van der Waals surface area contributed by atoms with Crippen molar-refractivity contribution >= 4 is 0 Å². The molecular weight excluding hydrogens is 278 g/mol. The Labute approximate surface area is 146 Å². The second-order valence-electron chi connectivity index (χ2n) is 6.38. The van der Waals surface area contributed by atoms with Gasteiger partial charge in [0.1, 0.15) is 0 Å². The molecule has 0 aliphatic heterocycles. The molecule has 0 unspecified atom stereocenters. The SMILES string of the molecule is CCCCCCC#CCCCCCC#CCCCCCCCN. The molecule has 0 saturated carbocycles. The van der Waals surface area contributed by atoms with Gasteiger partial charge in [-0.3, -0.25) is 0 Å². The molecule has 0 spiro atoms. The van der Waals surface area contributed by atoms with Crippen LogP contribution in [0, 0.1) is 23.7 Å². The van der Waals surface area contributed by atoms with Crippen LogP contribution in [0.2, 0.25) is 0 Å². The van der Waals surface area contributed by atoms with Crippen molar-refractivity contribution in [2.24, 2.45) is 5.73 Å². The van der Waals surface area contributed by atoms with Gasteiger partial charge in [-0.2, -0.15) is 0 Å². The zero-order valence-corrected chi connectivity index (χ0v) is 15.6. The highest BCUT2D eigenvalue weighted by atomic mass is 14.5. The second-order valence-corrected chi connectivity index (χ2v) is 6.38. The van der Waals surface area contributed by atoms with Gasteiger partial charge in [-0.25, -0.2) is 0 Å². The summed E-state index contributed by atoms with van der Waals surface area (Å²) < 4.78 is 0. The summed E-state index contributed by atoms with van der Waals surface area (Å²) in [6.45, 7) is 3.09. The van der Waals surface area contributed by atoms with Crippen LogP contribution in [0.5, 0.6) is 0 Å². The minimum Gasteiger partial charge on any atom is -0.330 e. The van der Waals surface area contributed by atoms with Gasteiger partial charge in [-0.1, -0.05) is 51.9 Å². The normalized spacial score (nSPS) is 9.83. The number of nitrogens with two attached hydrogens (primary N) is 1. The van der Waals surface area contributed by atoms with E-state index in [0.717, 1.165) is 32.2 Å². The summed E-state index contributed by atoms with van der Waals surface area (Å²) in [5, 5.41) is 0. The molecule has 23 heavy (non-hydrogen) atoms. The van der Waals surface area contributed by atoms with Crippen molar-refractivity contribution in [2.45, 2.75) is 110 Å². The summed E-state index contributed by atoms with van der Waals surface area (Å²) in [6, 6.07) is 0. The molecule has 2 N–H and O–H groups in total. The first-order valence-corrected chi connectivity index (χ1v) is 10.0. The van der Waals surface area contributed by atoms with Crippen LogP contribution in [0.25, 0.3) is 0 Å². The first-order valence-electron chi connectivity index (χ1n) is 10.0. The molecule has 0 aliphatic carbocycles. The molecule has 0 aliphatic rings. The van der Waals surface area contributed by atoms with Crippen molar-refractivity contribution in [1.82, 2.24) is 0 Å². The lowest BCUT2D eigenvalue weighted by atomic mass is 10.1. The van der Waals surface area contributed by atoms with Crippen LogP contribution in [0.4, 0.5) is 0 Å². The lowest BCUT2D eigenvalue weighted by molar-refractivity contribution is 0.625. The molecule has 0 saturated heterocycles. The molecule has 0 amide bonds. The summed E-state index contributed by atoms with van der Waals surface area (Å²) >= 11 is 0. The van der Waals surface area contributed by atoms with E-state index in [-0.39, 0.29) is 0 Å². The number of hydrogen-bond donors (Lipinski definition) is 1. The van der Waals surface area contributed by atoms with Gasteiger partial charge in [0.05, 0.1) is 0 Å². The molecule has 0 radical (unpaired) electrons. The molecule has 0 heterocycles. The summed E-state index contributed by atoms with van der Waals surface area (Å²) in [4.78, 5) is 0. The largest absolute Gasteiger partial charge is 0.330 e. The maximum atomic E-state index is 5.48. The molecule has 1 nitrogen and oxygen atoms in total. The Hall–Kier alpha value is -0.920. The third-order valence-corrected chi connectivity index (χ3v) is 4.01. The first kappa shape index (κ1) is 22.1. The Bertz CT molecular complexity index is 336. The maximum absolute atomic E-state index is 5.48. The van der Waals surface area contributed by atoms with E-state index in [1.54, 1.807) is 0 Å². The number of hydrogen-bond acceptors (Lipinski definition) is 1. The van der Waals surface area contributed by atoms with Gasteiger partial charge in [0.15, 0.2) is 0 Å². The zero-order chi connectivity index (χ0) is 16.8. The Morgan fingerprint density at radius 3 is 1.26 bits per heavy atom. The van der Waals surface area contributed by atoms with Gasteiger partial charge in [-0.15, -0.1) is 23.7 Å². The first-order chi connectivity index (χ1) is 11.4. The zero-order valence-electron chi connectivity index (χ0n) is 15.6. The highest BCUT2D eigenvalue weighted by Crippen LogP contribution is 2.05. The average molecular weight is 318 g/mol. The monoisotopic (exact) mass is 317 g/mol. The van der Waals surface area contributed by atoms with Crippen molar-refractivity contribution in [3.8, 4) is 23.7 Å². The quantitative estimate of drug-likeness (QED) is 0.299. The summed E-state index contributed by atoms with van der Waals surface area (Å²) in [5.41, 5.74) is 5.48. The molecule has 132 valence electrons. The third kappa shape index (κ3) is 21.1. The van der Waals surface area contributed by atoms with Crippen molar-refractivity contribution in [3.05, 3.63) is 0 Å². The van der Waals surface area contributed by atoms with E-state index in [4.69, 9.17) is 5.73 Å². The van der Waals surface area contributed by atoms with E-state index in [2.05, 4.69) is 30.6 Å². The molecule has 1 heteroatoms.